The van der Waals surface area contributed by atoms with Crippen molar-refractivity contribution in [2.45, 2.75) is 25.3 Å². The van der Waals surface area contributed by atoms with Crippen LogP contribution in [0, 0.1) is 11.6 Å². The van der Waals surface area contributed by atoms with Gasteiger partial charge in [-0.15, -0.1) is 0 Å². The van der Waals surface area contributed by atoms with Gasteiger partial charge in [-0.1, -0.05) is 0 Å². The lowest BCUT2D eigenvalue weighted by atomic mass is 10.2. The number of rotatable bonds is 4. The average Bonchev–Trinajstić information content (AvgIpc) is 3.22. The molecule has 1 aromatic heterocycles. The number of anilines is 1. The van der Waals surface area contributed by atoms with Gasteiger partial charge in [-0.25, -0.2) is 8.78 Å². The van der Waals surface area contributed by atoms with Crippen molar-refractivity contribution < 1.29 is 13.6 Å². The lowest BCUT2D eigenvalue weighted by Crippen LogP contribution is -2.24. The molecule has 0 aliphatic heterocycles. The molecule has 2 aromatic rings. The van der Waals surface area contributed by atoms with E-state index in [0.29, 0.717) is 11.6 Å². The van der Waals surface area contributed by atoms with E-state index in [0.717, 1.165) is 36.7 Å². The van der Waals surface area contributed by atoms with Crippen LogP contribution in [-0.2, 0) is 6.54 Å². The quantitative estimate of drug-likeness (QED) is 0.806. The highest BCUT2D eigenvalue weighted by Gasteiger charge is 2.30. The molecule has 0 saturated heterocycles. The van der Waals surface area contributed by atoms with Gasteiger partial charge in [0.05, 0.1) is 11.4 Å². The number of nitrogens with one attached hydrogen (secondary N) is 2. The monoisotopic (exact) mass is 292 g/mol. The fourth-order valence-electron chi connectivity index (χ4n) is 2.16. The van der Waals surface area contributed by atoms with Crippen LogP contribution >= 0.6 is 0 Å². The molecule has 0 spiro atoms. The Morgan fingerprint density at radius 2 is 2.19 bits per heavy atom. The van der Waals surface area contributed by atoms with Crippen LogP contribution in [0.4, 0.5) is 14.5 Å². The third-order valence-electron chi connectivity index (χ3n) is 3.48. The second kappa shape index (κ2) is 5.16. The lowest BCUT2D eigenvalue weighted by molar-refractivity contribution is 0.0946. The normalized spacial score (nSPS) is 14.2. The van der Waals surface area contributed by atoms with E-state index in [2.05, 4.69) is 15.5 Å². The van der Waals surface area contributed by atoms with Crippen molar-refractivity contribution in [3.8, 4) is 0 Å². The van der Waals surface area contributed by atoms with Gasteiger partial charge < -0.3 is 11.1 Å². The first-order chi connectivity index (χ1) is 10.1. The van der Waals surface area contributed by atoms with E-state index in [9.17, 15) is 13.6 Å². The Balaban J connectivity index is 1.70. The summed E-state index contributed by atoms with van der Waals surface area (Å²) >= 11 is 0. The zero-order chi connectivity index (χ0) is 15.0. The zero-order valence-electron chi connectivity index (χ0n) is 11.1. The molecule has 1 saturated carbocycles. The highest BCUT2D eigenvalue weighted by atomic mass is 19.1. The summed E-state index contributed by atoms with van der Waals surface area (Å²) in [4.78, 5) is 12.0. The van der Waals surface area contributed by atoms with Crippen molar-refractivity contribution in [2.75, 3.05) is 5.73 Å². The smallest absolute Gasteiger partial charge is 0.274 e. The summed E-state index contributed by atoms with van der Waals surface area (Å²) in [5, 5.41) is 9.15. The predicted molar refractivity (Wildman–Crippen MR) is 72.5 cm³/mol. The Labute approximate surface area is 119 Å². The van der Waals surface area contributed by atoms with Crippen molar-refractivity contribution in [3.63, 3.8) is 0 Å². The van der Waals surface area contributed by atoms with Crippen molar-refractivity contribution in [1.29, 1.82) is 0 Å². The summed E-state index contributed by atoms with van der Waals surface area (Å²) < 4.78 is 26.5. The van der Waals surface area contributed by atoms with Crippen LogP contribution in [0.15, 0.2) is 18.2 Å². The van der Waals surface area contributed by atoms with Crippen LogP contribution in [0.5, 0.6) is 0 Å². The number of carbonyl (C=O) groups is 1. The fourth-order valence-corrected chi connectivity index (χ4v) is 2.16. The van der Waals surface area contributed by atoms with E-state index in [1.807, 2.05) is 0 Å². The Hall–Kier alpha value is -2.44. The molecule has 1 aliphatic rings. The molecule has 0 atom stereocenters. The first-order valence-corrected chi connectivity index (χ1v) is 6.62. The van der Waals surface area contributed by atoms with Gasteiger partial charge in [0.15, 0.2) is 5.69 Å². The van der Waals surface area contributed by atoms with Gasteiger partial charge in [-0.3, -0.25) is 9.89 Å². The summed E-state index contributed by atoms with van der Waals surface area (Å²) in [6, 6.07) is 3.08. The molecule has 3 rings (SSSR count). The van der Waals surface area contributed by atoms with Crippen LogP contribution in [0.1, 0.15) is 40.5 Å². The SMILES string of the molecule is Nc1c(C(=O)NCc2cc(F)ccc2F)n[nH]c1C1CC1. The molecule has 1 aromatic carbocycles. The number of H-pyrrole nitrogens is 1. The fraction of sp³-hybridized carbons (Fsp3) is 0.286. The second-order valence-electron chi connectivity index (χ2n) is 5.09. The number of nitrogens with zero attached hydrogens (tertiary/aromatic N) is 1. The van der Waals surface area contributed by atoms with E-state index < -0.39 is 17.5 Å². The molecule has 0 bridgehead atoms. The standard InChI is InChI=1S/C14H14F2N4O/c15-9-3-4-10(16)8(5-9)6-18-14(21)13-11(17)12(19-20-13)7-1-2-7/h3-5,7H,1-2,6,17H2,(H,18,21)(H,19,20). The summed E-state index contributed by atoms with van der Waals surface area (Å²) in [7, 11) is 0. The summed E-state index contributed by atoms with van der Waals surface area (Å²) in [6.07, 6.45) is 2.06. The topological polar surface area (TPSA) is 83.8 Å². The number of hydrogen-bond donors (Lipinski definition) is 3. The van der Waals surface area contributed by atoms with E-state index in [4.69, 9.17) is 5.73 Å². The maximum Gasteiger partial charge on any atom is 0.274 e. The second-order valence-corrected chi connectivity index (χ2v) is 5.09. The Morgan fingerprint density at radius 3 is 2.90 bits per heavy atom. The molecule has 1 aliphatic carbocycles. The number of carbonyl (C=O) groups excluding carboxylic acids is 1. The van der Waals surface area contributed by atoms with Gasteiger partial charge in [0.25, 0.3) is 5.91 Å². The van der Waals surface area contributed by atoms with Crippen molar-refractivity contribution in [1.82, 2.24) is 15.5 Å². The lowest BCUT2D eigenvalue weighted by Gasteiger charge is -2.05. The maximum absolute atomic E-state index is 13.5. The Morgan fingerprint density at radius 1 is 1.43 bits per heavy atom. The van der Waals surface area contributed by atoms with Crippen LogP contribution in [0.2, 0.25) is 0 Å². The minimum Gasteiger partial charge on any atom is -0.395 e. The van der Waals surface area contributed by atoms with Gasteiger partial charge in [-0.05, 0) is 31.0 Å². The molecule has 5 nitrogen and oxygen atoms in total. The molecule has 7 heteroatoms. The number of nitrogen functional groups attached to an aromatic ring is 1. The predicted octanol–water partition coefficient (Wildman–Crippen LogP) is 2.08. The molecule has 1 amide bonds. The summed E-state index contributed by atoms with van der Waals surface area (Å²) in [5.74, 6) is -1.31. The van der Waals surface area contributed by atoms with E-state index >= 15 is 0 Å². The third-order valence-corrected chi connectivity index (χ3v) is 3.48. The van der Waals surface area contributed by atoms with Crippen LogP contribution in [0.25, 0.3) is 0 Å². The minimum absolute atomic E-state index is 0.0693. The molecule has 0 unspecified atom stereocenters. The minimum atomic E-state index is -0.578. The van der Waals surface area contributed by atoms with E-state index in [1.54, 1.807) is 0 Å². The maximum atomic E-state index is 13.5. The van der Waals surface area contributed by atoms with Gasteiger partial charge >= 0.3 is 0 Å². The van der Waals surface area contributed by atoms with Gasteiger partial charge in [0.1, 0.15) is 11.6 Å². The van der Waals surface area contributed by atoms with Gasteiger partial charge in [-0.2, -0.15) is 5.10 Å². The molecule has 21 heavy (non-hydrogen) atoms. The van der Waals surface area contributed by atoms with E-state index in [-0.39, 0.29) is 17.8 Å². The number of aromatic amines is 1. The van der Waals surface area contributed by atoms with Crippen LogP contribution in [0.3, 0.4) is 0 Å². The molecule has 110 valence electrons. The van der Waals surface area contributed by atoms with Crippen molar-refractivity contribution >= 4 is 11.6 Å². The van der Waals surface area contributed by atoms with Gasteiger partial charge in [0, 0.05) is 18.0 Å². The molecule has 4 N–H and O–H groups in total. The third kappa shape index (κ3) is 2.72. The molecular weight excluding hydrogens is 278 g/mol. The molecule has 1 heterocycles. The number of nitrogens with two attached hydrogens (primary N) is 1. The van der Waals surface area contributed by atoms with Crippen molar-refractivity contribution in [3.05, 3.63) is 46.8 Å². The number of benzene rings is 1. The zero-order valence-corrected chi connectivity index (χ0v) is 11.1. The average molecular weight is 292 g/mol. The van der Waals surface area contributed by atoms with Crippen LogP contribution in [-0.4, -0.2) is 16.1 Å². The Kier molecular flexibility index (Phi) is 3.32. The number of hydrogen-bond acceptors (Lipinski definition) is 3. The molecular formula is C14H14F2N4O. The number of amides is 1. The first-order valence-electron chi connectivity index (χ1n) is 6.62. The molecule has 0 radical (unpaired) electrons. The van der Waals surface area contributed by atoms with E-state index in [1.165, 1.54) is 0 Å². The summed E-state index contributed by atoms with van der Waals surface area (Å²) in [5.41, 5.74) is 7.14. The van der Waals surface area contributed by atoms with Crippen LogP contribution < -0.4 is 11.1 Å². The van der Waals surface area contributed by atoms with Crippen molar-refractivity contribution in [2.24, 2.45) is 0 Å². The first kappa shape index (κ1) is 13.5. The largest absolute Gasteiger partial charge is 0.395 e. The summed E-state index contributed by atoms with van der Waals surface area (Å²) in [6.45, 7) is -0.131. The number of halogens is 2. The number of aromatic nitrogens is 2. The molecule has 1 fully saturated rings. The van der Waals surface area contributed by atoms with Gasteiger partial charge in [0.2, 0.25) is 0 Å². The highest BCUT2D eigenvalue weighted by Crippen LogP contribution is 2.42. The highest BCUT2D eigenvalue weighted by molar-refractivity contribution is 5.97. The Bertz CT molecular complexity index is 694.